The van der Waals surface area contributed by atoms with Gasteiger partial charge >= 0.3 is 5.63 Å². The highest BCUT2D eigenvalue weighted by Crippen LogP contribution is 2.02. The van der Waals surface area contributed by atoms with Crippen molar-refractivity contribution in [2.75, 3.05) is 0 Å². The lowest BCUT2D eigenvalue weighted by Crippen LogP contribution is -2.01. The van der Waals surface area contributed by atoms with Crippen LogP contribution < -0.4 is 5.63 Å². The van der Waals surface area contributed by atoms with Crippen LogP contribution in [0.4, 0.5) is 0 Å². The molecular formula is C7H4N2O2. The molecule has 0 atom stereocenters. The van der Waals surface area contributed by atoms with E-state index in [1.54, 1.807) is 24.3 Å². The van der Waals surface area contributed by atoms with Gasteiger partial charge in [0.25, 0.3) is 0 Å². The van der Waals surface area contributed by atoms with E-state index in [9.17, 15) is 4.79 Å². The molecule has 0 N–H and O–H groups in total. The summed E-state index contributed by atoms with van der Waals surface area (Å²) in [5, 5.41) is 7.26. The van der Waals surface area contributed by atoms with Gasteiger partial charge in [-0.05, 0) is 12.1 Å². The Morgan fingerprint density at radius 1 is 1.27 bits per heavy atom. The average Bonchev–Trinajstić information content (AvgIpc) is 2.06. The fourth-order valence-corrected chi connectivity index (χ4v) is 0.884. The summed E-state index contributed by atoms with van der Waals surface area (Å²) in [6.45, 7) is 0. The lowest BCUT2D eigenvalue weighted by atomic mass is 10.2. The van der Waals surface area contributed by atoms with Crippen LogP contribution >= 0.6 is 0 Å². The SMILES string of the molecule is O=c1onnc2ccccc12. The van der Waals surface area contributed by atoms with Crippen LogP contribution in [0.25, 0.3) is 10.9 Å². The lowest BCUT2D eigenvalue weighted by Gasteiger charge is -1.88. The number of hydrogen-bond donors (Lipinski definition) is 0. The standard InChI is InChI=1S/C7H4N2O2/c10-7-5-3-1-2-4-6(5)8-9-11-7/h1-4H. The van der Waals surface area contributed by atoms with Crippen molar-refractivity contribution in [3.05, 3.63) is 34.7 Å². The highest BCUT2D eigenvalue weighted by atomic mass is 16.5. The molecule has 1 heterocycles. The molecular weight excluding hydrogens is 144 g/mol. The van der Waals surface area contributed by atoms with Gasteiger partial charge < -0.3 is 0 Å². The van der Waals surface area contributed by atoms with E-state index in [0.717, 1.165) is 0 Å². The Kier molecular flexibility index (Phi) is 1.18. The van der Waals surface area contributed by atoms with Gasteiger partial charge in [-0.25, -0.2) is 4.79 Å². The van der Waals surface area contributed by atoms with Gasteiger partial charge in [0.15, 0.2) is 0 Å². The topological polar surface area (TPSA) is 56.0 Å². The largest absolute Gasteiger partial charge is 0.369 e. The quantitative estimate of drug-likeness (QED) is 0.548. The molecule has 4 heteroatoms. The summed E-state index contributed by atoms with van der Waals surface area (Å²) < 4.78 is 4.32. The molecule has 0 aliphatic rings. The Morgan fingerprint density at radius 3 is 2.91 bits per heavy atom. The zero-order valence-electron chi connectivity index (χ0n) is 5.52. The minimum Gasteiger partial charge on any atom is -0.294 e. The second kappa shape index (κ2) is 2.16. The molecule has 0 aliphatic heterocycles. The summed E-state index contributed by atoms with van der Waals surface area (Å²) in [5.74, 6) is 0. The Morgan fingerprint density at radius 2 is 2.09 bits per heavy atom. The zero-order chi connectivity index (χ0) is 7.68. The highest BCUT2D eigenvalue weighted by molar-refractivity contribution is 5.75. The molecule has 0 spiro atoms. The maximum atomic E-state index is 10.9. The Labute approximate surface area is 61.4 Å². The van der Waals surface area contributed by atoms with Crippen molar-refractivity contribution >= 4 is 10.9 Å². The van der Waals surface area contributed by atoms with E-state index in [1.165, 1.54) is 0 Å². The van der Waals surface area contributed by atoms with Crippen LogP contribution in [0.3, 0.4) is 0 Å². The molecule has 1 aromatic carbocycles. The van der Waals surface area contributed by atoms with Crippen molar-refractivity contribution in [2.24, 2.45) is 0 Å². The van der Waals surface area contributed by atoms with Gasteiger partial charge in [0.05, 0.1) is 5.39 Å². The maximum Gasteiger partial charge on any atom is 0.369 e. The minimum absolute atomic E-state index is 0.449. The van der Waals surface area contributed by atoms with E-state index in [1.807, 2.05) is 0 Å². The van der Waals surface area contributed by atoms with Crippen molar-refractivity contribution < 1.29 is 4.52 Å². The fraction of sp³-hybridized carbons (Fsp3) is 0. The van der Waals surface area contributed by atoms with Crippen LogP contribution in [0.5, 0.6) is 0 Å². The minimum atomic E-state index is -0.449. The number of hydrogen-bond acceptors (Lipinski definition) is 4. The molecule has 0 bridgehead atoms. The second-order valence-corrected chi connectivity index (χ2v) is 2.08. The smallest absolute Gasteiger partial charge is 0.294 e. The third kappa shape index (κ3) is 0.881. The average molecular weight is 148 g/mol. The van der Waals surface area contributed by atoms with E-state index in [-0.39, 0.29) is 0 Å². The summed E-state index contributed by atoms with van der Waals surface area (Å²) in [4.78, 5) is 10.9. The first-order valence-electron chi connectivity index (χ1n) is 3.09. The zero-order valence-corrected chi connectivity index (χ0v) is 5.52. The maximum absolute atomic E-state index is 10.9. The van der Waals surface area contributed by atoms with Crippen molar-refractivity contribution in [1.29, 1.82) is 0 Å². The first kappa shape index (κ1) is 6.03. The molecule has 2 aromatic rings. The van der Waals surface area contributed by atoms with Crippen molar-refractivity contribution in [3.63, 3.8) is 0 Å². The molecule has 0 amide bonds. The lowest BCUT2D eigenvalue weighted by molar-refractivity contribution is 0.342. The predicted molar refractivity (Wildman–Crippen MR) is 38.1 cm³/mol. The van der Waals surface area contributed by atoms with Gasteiger partial charge in [-0.1, -0.05) is 12.1 Å². The monoisotopic (exact) mass is 148 g/mol. The van der Waals surface area contributed by atoms with Gasteiger partial charge in [0.2, 0.25) is 0 Å². The third-order valence-corrected chi connectivity index (χ3v) is 1.40. The molecule has 4 nitrogen and oxygen atoms in total. The van der Waals surface area contributed by atoms with Gasteiger partial charge in [-0.2, -0.15) is 0 Å². The summed E-state index contributed by atoms with van der Waals surface area (Å²) >= 11 is 0. The Bertz CT molecular complexity index is 430. The normalized spacial score (nSPS) is 10.2. The van der Waals surface area contributed by atoms with Crippen molar-refractivity contribution in [3.8, 4) is 0 Å². The number of rotatable bonds is 0. The highest BCUT2D eigenvalue weighted by Gasteiger charge is 1.97. The predicted octanol–water partition coefficient (Wildman–Crippen LogP) is 0.583. The van der Waals surface area contributed by atoms with Crippen LogP contribution in [-0.2, 0) is 0 Å². The van der Waals surface area contributed by atoms with E-state index in [0.29, 0.717) is 10.9 Å². The molecule has 1 aromatic heterocycles. The van der Waals surface area contributed by atoms with E-state index < -0.39 is 5.63 Å². The van der Waals surface area contributed by atoms with Crippen molar-refractivity contribution in [1.82, 2.24) is 10.4 Å². The van der Waals surface area contributed by atoms with Crippen LogP contribution in [0.1, 0.15) is 0 Å². The third-order valence-electron chi connectivity index (χ3n) is 1.40. The summed E-state index contributed by atoms with van der Waals surface area (Å²) in [7, 11) is 0. The van der Waals surface area contributed by atoms with Crippen LogP contribution in [-0.4, -0.2) is 10.4 Å². The molecule has 0 fully saturated rings. The summed E-state index contributed by atoms with van der Waals surface area (Å²) in [6.07, 6.45) is 0. The molecule has 0 saturated heterocycles. The molecule has 54 valence electrons. The van der Waals surface area contributed by atoms with Gasteiger partial charge in [-0.15, -0.1) is 5.10 Å². The Hall–Kier alpha value is -1.71. The van der Waals surface area contributed by atoms with Crippen LogP contribution in [0, 0.1) is 0 Å². The van der Waals surface area contributed by atoms with E-state index in [4.69, 9.17) is 0 Å². The van der Waals surface area contributed by atoms with Gasteiger partial charge in [0, 0.05) is 5.27 Å². The van der Waals surface area contributed by atoms with Crippen LogP contribution in [0.2, 0.25) is 0 Å². The molecule has 0 aliphatic carbocycles. The molecule has 2 rings (SSSR count). The number of aromatic nitrogens is 2. The molecule has 0 radical (unpaired) electrons. The summed E-state index contributed by atoms with van der Waals surface area (Å²) in [6, 6.07) is 6.90. The first-order chi connectivity index (χ1) is 5.38. The van der Waals surface area contributed by atoms with Crippen LogP contribution in [0.15, 0.2) is 33.6 Å². The van der Waals surface area contributed by atoms with E-state index >= 15 is 0 Å². The van der Waals surface area contributed by atoms with Gasteiger partial charge in [0.1, 0.15) is 5.52 Å². The second-order valence-electron chi connectivity index (χ2n) is 2.08. The molecule has 11 heavy (non-hydrogen) atoms. The summed E-state index contributed by atoms with van der Waals surface area (Å²) in [5.41, 5.74) is 0.111. The Balaban J connectivity index is 3.03. The number of benzene rings is 1. The van der Waals surface area contributed by atoms with E-state index in [2.05, 4.69) is 14.9 Å². The van der Waals surface area contributed by atoms with Gasteiger partial charge in [-0.3, -0.25) is 4.52 Å². The number of fused-ring (bicyclic) bond motifs is 1. The molecule has 0 unspecified atom stereocenters. The number of nitrogens with zero attached hydrogens (tertiary/aromatic N) is 2. The fourth-order valence-electron chi connectivity index (χ4n) is 0.884. The van der Waals surface area contributed by atoms with Crippen molar-refractivity contribution in [2.45, 2.75) is 0 Å². The molecule has 0 saturated carbocycles. The first-order valence-corrected chi connectivity index (χ1v) is 3.09.